The number of hydrogen-bond donors (Lipinski definition) is 0. The molecule has 0 fully saturated rings. The predicted molar refractivity (Wildman–Crippen MR) is 92.9 cm³/mol. The largest absolute Gasteiger partial charge is 0.573 e. The number of hydrogen-bond acceptors (Lipinski definition) is 3. The van der Waals surface area contributed by atoms with E-state index in [1.54, 1.807) is 4.90 Å². The van der Waals surface area contributed by atoms with Crippen LogP contribution in [-0.2, 0) is 6.54 Å². The van der Waals surface area contributed by atoms with Crippen LogP contribution >= 0.6 is 0 Å². The van der Waals surface area contributed by atoms with E-state index in [1.165, 1.54) is 12.1 Å². The average Bonchev–Trinajstić information content (AvgIpc) is 2.58. The maximum absolute atomic E-state index is 12.8. The Morgan fingerprint density at radius 2 is 1.58 bits per heavy atom. The van der Waals surface area contributed by atoms with Crippen LogP contribution in [0.4, 0.5) is 13.2 Å². The second kappa shape index (κ2) is 8.71. The molecule has 0 saturated heterocycles. The molecule has 0 atom stereocenters. The van der Waals surface area contributed by atoms with Gasteiger partial charge in [0.25, 0.3) is 5.91 Å². The van der Waals surface area contributed by atoms with E-state index >= 15 is 0 Å². The van der Waals surface area contributed by atoms with Gasteiger partial charge in [0, 0.05) is 25.2 Å². The standard InChI is InChI=1S/C19H21F3N2O2/c1-23(2)12-13-24(14-15-6-4-3-5-7-15)18(25)16-8-10-17(11-9-16)26-19(20,21)22/h3-11H,12-14H2,1-2H3. The van der Waals surface area contributed by atoms with Crippen molar-refractivity contribution < 1.29 is 22.7 Å². The van der Waals surface area contributed by atoms with E-state index in [-0.39, 0.29) is 11.7 Å². The van der Waals surface area contributed by atoms with Gasteiger partial charge in [-0.2, -0.15) is 0 Å². The number of likely N-dealkylation sites (N-methyl/N-ethyl adjacent to an activating group) is 1. The summed E-state index contributed by atoms with van der Waals surface area (Å²) in [6, 6.07) is 14.5. The highest BCUT2D eigenvalue weighted by Crippen LogP contribution is 2.23. The molecule has 0 bridgehead atoms. The van der Waals surface area contributed by atoms with E-state index in [4.69, 9.17) is 0 Å². The van der Waals surface area contributed by atoms with Crippen LogP contribution in [0.5, 0.6) is 5.75 Å². The van der Waals surface area contributed by atoms with Crippen LogP contribution in [0.25, 0.3) is 0 Å². The summed E-state index contributed by atoms with van der Waals surface area (Å²) in [4.78, 5) is 16.4. The number of ether oxygens (including phenoxy) is 1. The Hall–Kier alpha value is -2.54. The Morgan fingerprint density at radius 3 is 2.12 bits per heavy atom. The fourth-order valence-corrected chi connectivity index (χ4v) is 2.36. The van der Waals surface area contributed by atoms with E-state index in [9.17, 15) is 18.0 Å². The summed E-state index contributed by atoms with van der Waals surface area (Å²) in [5.74, 6) is -0.591. The highest BCUT2D eigenvalue weighted by Gasteiger charge is 2.31. The molecule has 2 aromatic rings. The van der Waals surface area contributed by atoms with Gasteiger partial charge in [0.2, 0.25) is 0 Å². The third-order valence-corrected chi connectivity index (χ3v) is 3.66. The van der Waals surface area contributed by atoms with Crippen molar-refractivity contribution in [3.63, 3.8) is 0 Å². The van der Waals surface area contributed by atoms with Crippen molar-refractivity contribution in [3.8, 4) is 5.75 Å². The quantitative estimate of drug-likeness (QED) is 0.747. The molecule has 0 heterocycles. The number of nitrogens with zero attached hydrogens (tertiary/aromatic N) is 2. The topological polar surface area (TPSA) is 32.8 Å². The Morgan fingerprint density at radius 1 is 0.962 bits per heavy atom. The van der Waals surface area contributed by atoms with Gasteiger partial charge in [0.05, 0.1) is 0 Å². The molecule has 0 spiro atoms. The molecule has 0 aromatic heterocycles. The van der Waals surface area contributed by atoms with Crippen molar-refractivity contribution >= 4 is 5.91 Å². The van der Waals surface area contributed by atoms with E-state index in [0.29, 0.717) is 25.2 Å². The van der Waals surface area contributed by atoms with Crippen LogP contribution in [0.2, 0.25) is 0 Å². The second-order valence-electron chi connectivity index (χ2n) is 6.09. The van der Waals surface area contributed by atoms with Crippen molar-refractivity contribution in [1.29, 1.82) is 0 Å². The van der Waals surface area contributed by atoms with Crippen molar-refractivity contribution in [3.05, 3.63) is 65.7 Å². The molecule has 0 aliphatic heterocycles. The first-order valence-corrected chi connectivity index (χ1v) is 8.08. The molecule has 0 radical (unpaired) electrons. The third-order valence-electron chi connectivity index (χ3n) is 3.66. The summed E-state index contributed by atoms with van der Waals surface area (Å²) in [7, 11) is 3.82. The zero-order valence-electron chi connectivity index (χ0n) is 14.7. The predicted octanol–water partition coefficient (Wildman–Crippen LogP) is 3.79. The Labute approximate surface area is 150 Å². The minimum atomic E-state index is -4.75. The van der Waals surface area contributed by atoms with E-state index in [1.807, 2.05) is 49.3 Å². The lowest BCUT2D eigenvalue weighted by Gasteiger charge is -2.25. The Bertz CT molecular complexity index is 701. The van der Waals surface area contributed by atoms with Crippen molar-refractivity contribution in [1.82, 2.24) is 9.80 Å². The molecule has 0 saturated carbocycles. The summed E-state index contributed by atoms with van der Waals surface area (Å²) in [5, 5.41) is 0. The van der Waals surface area contributed by atoms with Gasteiger partial charge in [-0.05, 0) is 43.9 Å². The van der Waals surface area contributed by atoms with Crippen molar-refractivity contribution in [2.45, 2.75) is 12.9 Å². The Balaban J connectivity index is 2.14. The van der Waals surface area contributed by atoms with Crippen LogP contribution in [0.3, 0.4) is 0 Å². The van der Waals surface area contributed by atoms with Crippen LogP contribution in [0.15, 0.2) is 54.6 Å². The molecule has 1 amide bonds. The molecule has 0 aliphatic rings. The molecular formula is C19H21F3N2O2. The first-order valence-electron chi connectivity index (χ1n) is 8.08. The van der Waals surface area contributed by atoms with Gasteiger partial charge in [-0.3, -0.25) is 4.79 Å². The number of carbonyl (C=O) groups is 1. The second-order valence-corrected chi connectivity index (χ2v) is 6.09. The van der Waals surface area contributed by atoms with Crippen LogP contribution in [-0.4, -0.2) is 49.3 Å². The van der Waals surface area contributed by atoms with Gasteiger partial charge >= 0.3 is 6.36 Å². The van der Waals surface area contributed by atoms with E-state index in [0.717, 1.165) is 17.7 Å². The number of rotatable bonds is 7. The SMILES string of the molecule is CN(C)CCN(Cc1ccccc1)C(=O)c1ccc(OC(F)(F)F)cc1. The first kappa shape index (κ1) is 19.8. The number of alkyl halides is 3. The lowest BCUT2D eigenvalue weighted by atomic mass is 10.1. The molecule has 4 nitrogen and oxygen atoms in total. The van der Waals surface area contributed by atoms with E-state index < -0.39 is 6.36 Å². The van der Waals surface area contributed by atoms with Crippen molar-refractivity contribution in [2.75, 3.05) is 27.2 Å². The zero-order chi connectivity index (χ0) is 19.2. The fraction of sp³-hybridized carbons (Fsp3) is 0.316. The summed E-state index contributed by atoms with van der Waals surface area (Å²) in [6.45, 7) is 1.60. The van der Waals surface area contributed by atoms with Gasteiger partial charge in [0.15, 0.2) is 0 Å². The molecule has 0 aliphatic carbocycles. The monoisotopic (exact) mass is 366 g/mol. The summed E-state index contributed by atoms with van der Waals surface area (Å²) in [6.07, 6.45) is -4.75. The molecule has 7 heteroatoms. The minimum Gasteiger partial charge on any atom is -0.406 e. The van der Waals surface area contributed by atoms with Crippen LogP contribution < -0.4 is 4.74 Å². The fourth-order valence-electron chi connectivity index (χ4n) is 2.36. The summed E-state index contributed by atoms with van der Waals surface area (Å²) in [5.41, 5.74) is 1.30. The molecule has 0 unspecified atom stereocenters. The van der Waals surface area contributed by atoms with Gasteiger partial charge in [-0.15, -0.1) is 13.2 Å². The van der Waals surface area contributed by atoms with Gasteiger partial charge in [-0.25, -0.2) is 0 Å². The normalized spacial score (nSPS) is 11.5. The number of amides is 1. The summed E-state index contributed by atoms with van der Waals surface area (Å²) >= 11 is 0. The highest BCUT2D eigenvalue weighted by molar-refractivity contribution is 5.94. The lowest BCUT2D eigenvalue weighted by molar-refractivity contribution is -0.274. The zero-order valence-corrected chi connectivity index (χ0v) is 14.7. The molecule has 2 aromatic carbocycles. The molecule has 0 N–H and O–H groups in total. The maximum Gasteiger partial charge on any atom is 0.573 e. The van der Waals surface area contributed by atoms with Crippen LogP contribution in [0, 0.1) is 0 Å². The van der Waals surface area contributed by atoms with E-state index in [2.05, 4.69) is 4.74 Å². The third kappa shape index (κ3) is 6.40. The molecule has 26 heavy (non-hydrogen) atoms. The maximum atomic E-state index is 12.8. The molecular weight excluding hydrogens is 345 g/mol. The van der Waals surface area contributed by atoms with Gasteiger partial charge in [0.1, 0.15) is 5.75 Å². The number of halogens is 3. The summed E-state index contributed by atoms with van der Waals surface area (Å²) < 4.78 is 40.6. The average molecular weight is 366 g/mol. The lowest BCUT2D eigenvalue weighted by Crippen LogP contribution is -2.36. The molecule has 2 rings (SSSR count). The first-order chi connectivity index (χ1) is 12.2. The smallest absolute Gasteiger partial charge is 0.406 e. The highest BCUT2D eigenvalue weighted by atomic mass is 19.4. The van der Waals surface area contributed by atoms with Crippen molar-refractivity contribution in [2.24, 2.45) is 0 Å². The molecule has 140 valence electrons. The van der Waals surface area contributed by atoms with Gasteiger partial charge < -0.3 is 14.5 Å². The number of benzene rings is 2. The number of carbonyl (C=O) groups excluding carboxylic acids is 1. The van der Waals surface area contributed by atoms with Gasteiger partial charge in [-0.1, -0.05) is 30.3 Å². The Kier molecular flexibility index (Phi) is 6.63. The van der Waals surface area contributed by atoms with Crippen LogP contribution in [0.1, 0.15) is 15.9 Å². The minimum absolute atomic E-state index is 0.241.